The van der Waals surface area contributed by atoms with Gasteiger partial charge in [0.2, 0.25) is 5.91 Å². The summed E-state index contributed by atoms with van der Waals surface area (Å²) in [6.45, 7) is 0.777. The third kappa shape index (κ3) is 2.69. The van der Waals surface area contributed by atoms with E-state index in [1.165, 1.54) is 0 Å². The molecule has 4 heteroatoms. The summed E-state index contributed by atoms with van der Waals surface area (Å²) in [4.78, 5) is 13.9. The molecule has 2 rings (SSSR count). The van der Waals surface area contributed by atoms with Crippen LogP contribution < -0.4 is 0 Å². The lowest BCUT2D eigenvalue weighted by Crippen LogP contribution is -2.38. The first-order valence-corrected chi connectivity index (χ1v) is 6.14. The first-order valence-electron chi connectivity index (χ1n) is 6.14. The van der Waals surface area contributed by atoms with Crippen molar-refractivity contribution < 1.29 is 9.90 Å². The van der Waals surface area contributed by atoms with E-state index in [9.17, 15) is 9.90 Å². The molecule has 0 saturated carbocycles. The lowest BCUT2D eigenvalue weighted by Gasteiger charge is -2.23. The smallest absolute Gasteiger partial charge is 0.227 e. The van der Waals surface area contributed by atoms with E-state index in [1.807, 2.05) is 0 Å². The van der Waals surface area contributed by atoms with E-state index < -0.39 is 0 Å². The number of hydrogen-bond acceptors (Lipinski definition) is 3. The lowest BCUT2D eigenvalue weighted by atomic mass is 10.1. The Kier molecular flexibility index (Phi) is 3.96. The zero-order chi connectivity index (χ0) is 13.0. The Bertz CT molecular complexity index is 462. The molecule has 1 N–H and O–H groups in total. The van der Waals surface area contributed by atoms with Crippen molar-refractivity contribution in [1.82, 2.24) is 4.90 Å². The molecule has 1 unspecified atom stereocenters. The van der Waals surface area contributed by atoms with Gasteiger partial charge in [0.05, 0.1) is 30.7 Å². The second-order valence-corrected chi connectivity index (χ2v) is 4.55. The van der Waals surface area contributed by atoms with Gasteiger partial charge in [-0.15, -0.1) is 0 Å². The van der Waals surface area contributed by atoms with Crippen LogP contribution in [0.1, 0.15) is 24.0 Å². The first kappa shape index (κ1) is 12.6. The Balaban J connectivity index is 2.00. The van der Waals surface area contributed by atoms with Crippen molar-refractivity contribution in [2.75, 3.05) is 13.2 Å². The summed E-state index contributed by atoms with van der Waals surface area (Å²) < 4.78 is 0. The fourth-order valence-electron chi connectivity index (χ4n) is 2.33. The molecule has 1 fully saturated rings. The van der Waals surface area contributed by atoms with Crippen LogP contribution in [-0.2, 0) is 11.2 Å². The minimum Gasteiger partial charge on any atom is -0.394 e. The molecule has 1 aliphatic rings. The number of likely N-dealkylation sites (tertiary alicyclic amines) is 1. The molecule has 1 amide bonds. The number of benzene rings is 1. The highest BCUT2D eigenvalue weighted by Gasteiger charge is 2.27. The lowest BCUT2D eigenvalue weighted by molar-refractivity contribution is -0.131. The molecule has 1 saturated heterocycles. The molecule has 1 heterocycles. The summed E-state index contributed by atoms with van der Waals surface area (Å²) in [6, 6.07) is 9.08. The van der Waals surface area contributed by atoms with Gasteiger partial charge in [0.15, 0.2) is 0 Å². The van der Waals surface area contributed by atoms with Gasteiger partial charge >= 0.3 is 0 Å². The number of nitrogens with zero attached hydrogens (tertiary/aromatic N) is 2. The fourth-order valence-corrected chi connectivity index (χ4v) is 2.33. The maximum atomic E-state index is 12.1. The summed E-state index contributed by atoms with van der Waals surface area (Å²) in [7, 11) is 0. The van der Waals surface area contributed by atoms with Crippen LogP contribution in [0.15, 0.2) is 24.3 Å². The molecule has 0 aromatic heterocycles. The van der Waals surface area contributed by atoms with Crippen LogP contribution in [0.5, 0.6) is 0 Å². The molecule has 94 valence electrons. The third-order valence-corrected chi connectivity index (χ3v) is 3.35. The number of aliphatic hydroxyl groups is 1. The largest absolute Gasteiger partial charge is 0.394 e. The molecule has 0 radical (unpaired) electrons. The van der Waals surface area contributed by atoms with Crippen LogP contribution in [0.4, 0.5) is 0 Å². The van der Waals surface area contributed by atoms with Gasteiger partial charge in [-0.05, 0) is 30.5 Å². The minimum absolute atomic E-state index is 0.0177. The first-order chi connectivity index (χ1) is 8.74. The maximum absolute atomic E-state index is 12.1. The second kappa shape index (κ2) is 5.65. The summed E-state index contributed by atoms with van der Waals surface area (Å²) in [5, 5.41) is 17.9. The molecule has 18 heavy (non-hydrogen) atoms. The number of carbonyl (C=O) groups excluding carboxylic acids is 1. The molecular weight excluding hydrogens is 228 g/mol. The predicted octanol–water partition coefficient (Wildman–Crippen LogP) is 1.08. The molecule has 1 aliphatic heterocycles. The van der Waals surface area contributed by atoms with Crippen LogP contribution in [0.25, 0.3) is 0 Å². The van der Waals surface area contributed by atoms with Crippen molar-refractivity contribution in [3.8, 4) is 6.07 Å². The Labute approximate surface area is 106 Å². The van der Waals surface area contributed by atoms with Gasteiger partial charge in [-0.1, -0.05) is 12.1 Å². The Morgan fingerprint density at radius 1 is 1.44 bits per heavy atom. The molecular formula is C14H16N2O2. The van der Waals surface area contributed by atoms with Crippen molar-refractivity contribution >= 4 is 5.91 Å². The topological polar surface area (TPSA) is 64.3 Å². The normalized spacial score (nSPS) is 18.7. The van der Waals surface area contributed by atoms with E-state index >= 15 is 0 Å². The van der Waals surface area contributed by atoms with E-state index in [0.717, 1.165) is 24.9 Å². The molecule has 1 aromatic rings. The van der Waals surface area contributed by atoms with Crippen LogP contribution >= 0.6 is 0 Å². The van der Waals surface area contributed by atoms with Crippen LogP contribution in [0.3, 0.4) is 0 Å². The van der Waals surface area contributed by atoms with E-state index in [2.05, 4.69) is 6.07 Å². The van der Waals surface area contributed by atoms with Gasteiger partial charge < -0.3 is 10.0 Å². The highest BCUT2D eigenvalue weighted by Crippen LogP contribution is 2.18. The summed E-state index contributed by atoms with van der Waals surface area (Å²) >= 11 is 0. The molecule has 4 nitrogen and oxygen atoms in total. The number of nitriles is 1. The van der Waals surface area contributed by atoms with Crippen molar-refractivity contribution in [3.05, 3.63) is 35.4 Å². The Morgan fingerprint density at radius 2 is 2.17 bits per heavy atom. The number of aliphatic hydroxyl groups excluding tert-OH is 1. The van der Waals surface area contributed by atoms with E-state index in [4.69, 9.17) is 5.26 Å². The zero-order valence-electron chi connectivity index (χ0n) is 10.2. The van der Waals surface area contributed by atoms with E-state index in [-0.39, 0.29) is 18.6 Å². The molecule has 0 aliphatic carbocycles. The molecule has 0 bridgehead atoms. The summed E-state index contributed by atoms with van der Waals surface area (Å²) in [6.07, 6.45) is 2.18. The van der Waals surface area contributed by atoms with Crippen molar-refractivity contribution in [2.45, 2.75) is 25.3 Å². The highest BCUT2D eigenvalue weighted by atomic mass is 16.3. The number of carbonyl (C=O) groups is 1. The van der Waals surface area contributed by atoms with Crippen LogP contribution in [0.2, 0.25) is 0 Å². The van der Waals surface area contributed by atoms with Gasteiger partial charge in [0.1, 0.15) is 0 Å². The monoisotopic (exact) mass is 244 g/mol. The van der Waals surface area contributed by atoms with Gasteiger partial charge in [0.25, 0.3) is 0 Å². The Hall–Kier alpha value is -1.86. The molecule has 1 aromatic carbocycles. The number of amides is 1. The highest BCUT2D eigenvalue weighted by molar-refractivity contribution is 5.79. The molecule has 0 spiro atoms. The van der Waals surface area contributed by atoms with Gasteiger partial charge in [-0.25, -0.2) is 0 Å². The standard InChI is InChI=1S/C14H16N2O2/c15-9-12-5-3-11(4-6-12)8-14(18)16-7-1-2-13(16)10-17/h3-6,13,17H,1-2,7-8,10H2. The van der Waals surface area contributed by atoms with Gasteiger partial charge in [0, 0.05) is 6.54 Å². The average molecular weight is 244 g/mol. The van der Waals surface area contributed by atoms with Crippen molar-refractivity contribution in [3.63, 3.8) is 0 Å². The van der Waals surface area contributed by atoms with E-state index in [1.54, 1.807) is 29.2 Å². The number of hydrogen-bond donors (Lipinski definition) is 1. The molecule has 1 atom stereocenters. The van der Waals surface area contributed by atoms with Crippen molar-refractivity contribution in [1.29, 1.82) is 5.26 Å². The quantitative estimate of drug-likeness (QED) is 0.865. The predicted molar refractivity (Wildman–Crippen MR) is 66.7 cm³/mol. The third-order valence-electron chi connectivity index (χ3n) is 3.35. The fraction of sp³-hybridized carbons (Fsp3) is 0.429. The summed E-state index contributed by atoms with van der Waals surface area (Å²) in [5.41, 5.74) is 1.50. The van der Waals surface area contributed by atoms with Gasteiger partial charge in [-0.3, -0.25) is 4.79 Å². The Morgan fingerprint density at radius 3 is 2.78 bits per heavy atom. The zero-order valence-corrected chi connectivity index (χ0v) is 10.2. The average Bonchev–Trinajstić information content (AvgIpc) is 2.88. The number of rotatable bonds is 3. The van der Waals surface area contributed by atoms with Gasteiger partial charge in [-0.2, -0.15) is 5.26 Å². The SMILES string of the molecule is N#Cc1ccc(CC(=O)N2CCCC2CO)cc1. The second-order valence-electron chi connectivity index (χ2n) is 4.55. The summed E-state index contributed by atoms with van der Waals surface area (Å²) in [5.74, 6) is 0.0521. The van der Waals surface area contributed by atoms with Crippen molar-refractivity contribution in [2.24, 2.45) is 0 Å². The van der Waals surface area contributed by atoms with Crippen LogP contribution in [0, 0.1) is 11.3 Å². The van der Waals surface area contributed by atoms with Crippen LogP contribution in [-0.4, -0.2) is 35.1 Å². The van der Waals surface area contributed by atoms with E-state index in [0.29, 0.717) is 12.0 Å². The minimum atomic E-state index is -0.0177. The maximum Gasteiger partial charge on any atom is 0.227 e.